The van der Waals surface area contributed by atoms with Gasteiger partial charge in [0.2, 0.25) is 0 Å². The monoisotopic (exact) mass is 158 g/mol. The largest absolute Gasteiger partial charge is 1.00 e. The number of hydrogen-bond donors (Lipinski definition) is 0. The van der Waals surface area contributed by atoms with Crippen molar-refractivity contribution < 1.29 is 37.8 Å². The second kappa shape index (κ2) is 3.79. The van der Waals surface area contributed by atoms with Crippen LogP contribution in [0.15, 0.2) is 12.1 Å². The molecule has 0 unspecified atom stereocenters. The van der Waals surface area contributed by atoms with Crippen LogP contribution >= 0.6 is 0 Å². The smallest absolute Gasteiger partial charge is 1.00 e. The summed E-state index contributed by atoms with van der Waals surface area (Å²) in [5.41, 5.74) is 0. The summed E-state index contributed by atoms with van der Waals surface area (Å²) >= 11 is 0. The molecular weight excluding hydrogens is 155 g/mol. The molecule has 0 nitrogen and oxygen atoms in total. The predicted molar refractivity (Wildman–Crippen MR) is 27.4 cm³/mol. The van der Waals surface area contributed by atoms with Gasteiger partial charge >= 0.3 is 18.9 Å². The van der Waals surface area contributed by atoms with E-state index in [2.05, 4.69) is 0 Å². The average Bonchev–Trinajstić information content (AvgIpc) is 1.84. The summed E-state index contributed by atoms with van der Waals surface area (Å²) in [7, 11) is 0. The normalized spacial score (nSPS) is 9.09. The van der Waals surface area contributed by atoms with Gasteiger partial charge in [0.1, 0.15) is 0 Å². The van der Waals surface area contributed by atoms with E-state index in [0.29, 0.717) is 0 Å². The van der Waals surface area contributed by atoms with Gasteiger partial charge in [0.25, 0.3) is 0 Å². The van der Waals surface area contributed by atoms with Crippen molar-refractivity contribution in [3.8, 4) is 0 Å². The molecule has 1 aromatic carbocycles. The molecule has 0 saturated heterocycles. The molecule has 0 aliphatic carbocycles. The van der Waals surface area contributed by atoms with Crippen molar-refractivity contribution in [1.82, 2.24) is 0 Å². The van der Waals surface area contributed by atoms with E-state index in [1.54, 1.807) is 0 Å². The first-order chi connectivity index (χ1) is 4.61. The molecule has 0 N–H and O–H groups in total. The Morgan fingerprint density at radius 3 is 1.09 bits per heavy atom. The Kier molecular flexibility index (Phi) is 3.63. The molecule has 0 spiro atoms. The Morgan fingerprint density at radius 2 is 0.909 bits per heavy atom. The van der Waals surface area contributed by atoms with Crippen molar-refractivity contribution in [3.63, 3.8) is 0 Å². The van der Waals surface area contributed by atoms with E-state index in [1.807, 2.05) is 0 Å². The van der Waals surface area contributed by atoms with Crippen LogP contribution < -0.4 is 18.9 Å². The molecule has 0 fully saturated rings. The fourth-order valence-corrected chi connectivity index (χ4v) is 0.498. The molecule has 0 aliphatic rings. The Labute approximate surface area is 73.9 Å². The van der Waals surface area contributed by atoms with Gasteiger partial charge < -0.3 is 1.43 Å². The van der Waals surface area contributed by atoms with Crippen LogP contribution in [0.25, 0.3) is 0 Å². The Bertz CT molecular complexity index is 216. The van der Waals surface area contributed by atoms with E-state index in [1.165, 1.54) is 0 Å². The van der Waals surface area contributed by atoms with Gasteiger partial charge in [0.05, 0.1) is 0 Å². The Morgan fingerprint density at radius 1 is 0.727 bits per heavy atom. The molecule has 1 rings (SSSR count). The number of benzene rings is 1. The van der Waals surface area contributed by atoms with Gasteiger partial charge in [0, 0.05) is 12.1 Å². The molecule has 56 valence electrons. The second-order valence-corrected chi connectivity index (χ2v) is 1.68. The minimum absolute atomic E-state index is 0. The van der Waals surface area contributed by atoms with E-state index in [-0.39, 0.29) is 32.4 Å². The van der Waals surface area contributed by atoms with Gasteiger partial charge in [-0.2, -0.15) is 0 Å². The van der Waals surface area contributed by atoms with Gasteiger partial charge in [0.15, 0.2) is 23.3 Å². The summed E-state index contributed by atoms with van der Waals surface area (Å²) in [6.45, 7) is 0. The van der Waals surface area contributed by atoms with Gasteiger partial charge in [-0.1, -0.05) is 0 Å². The summed E-state index contributed by atoms with van der Waals surface area (Å²) in [5, 5.41) is 0. The summed E-state index contributed by atoms with van der Waals surface area (Å²) in [6.07, 6.45) is 0. The SMILES string of the molecule is Fc1cc(F)c(F)cc1F.[H-].[Li+]. The van der Waals surface area contributed by atoms with Crippen molar-refractivity contribution in [1.29, 1.82) is 0 Å². The summed E-state index contributed by atoms with van der Waals surface area (Å²) in [6, 6.07) is 0.315. The summed E-state index contributed by atoms with van der Waals surface area (Å²) in [5.74, 6) is -5.56. The zero-order valence-corrected chi connectivity index (χ0v) is 5.67. The first-order valence-electron chi connectivity index (χ1n) is 2.41. The molecule has 0 heterocycles. The second-order valence-electron chi connectivity index (χ2n) is 1.68. The first-order valence-corrected chi connectivity index (χ1v) is 2.41. The predicted octanol–water partition coefficient (Wildman–Crippen LogP) is -0.641. The standard InChI is InChI=1S/C6H2F4.Li.H/c7-3-1-4(8)6(10)2-5(3)9;;/h1-2H;;/q;+1;-1. The third kappa shape index (κ3) is 2.24. The van der Waals surface area contributed by atoms with E-state index in [0.717, 1.165) is 0 Å². The maximum atomic E-state index is 12.0. The molecule has 0 bridgehead atoms. The van der Waals surface area contributed by atoms with Crippen LogP contribution in [-0.4, -0.2) is 0 Å². The van der Waals surface area contributed by atoms with E-state index in [4.69, 9.17) is 0 Å². The molecule has 0 saturated carbocycles. The number of halogens is 4. The van der Waals surface area contributed by atoms with Crippen LogP contribution in [0.2, 0.25) is 0 Å². The number of rotatable bonds is 0. The minimum Gasteiger partial charge on any atom is -1.00 e. The Hall–Kier alpha value is -0.463. The van der Waals surface area contributed by atoms with Crippen molar-refractivity contribution >= 4 is 0 Å². The average molecular weight is 158 g/mol. The van der Waals surface area contributed by atoms with E-state index < -0.39 is 23.3 Å². The van der Waals surface area contributed by atoms with Gasteiger partial charge in [-0.25, -0.2) is 17.6 Å². The first kappa shape index (κ1) is 10.5. The van der Waals surface area contributed by atoms with Crippen molar-refractivity contribution in [3.05, 3.63) is 35.4 Å². The van der Waals surface area contributed by atoms with Crippen LogP contribution in [0.4, 0.5) is 17.6 Å². The maximum absolute atomic E-state index is 12.0. The van der Waals surface area contributed by atoms with Crippen LogP contribution in [0, 0.1) is 23.3 Å². The van der Waals surface area contributed by atoms with Gasteiger partial charge in [-0.3, -0.25) is 0 Å². The zero-order valence-electron chi connectivity index (χ0n) is 6.67. The van der Waals surface area contributed by atoms with Gasteiger partial charge in [-0.15, -0.1) is 0 Å². The molecule has 0 aromatic heterocycles. The quantitative estimate of drug-likeness (QED) is 0.267. The molecule has 0 aliphatic heterocycles. The number of hydrogen-bond acceptors (Lipinski definition) is 0. The molecule has 11 heavy (non-hydrogen) atoms. The van der Waals surface area contributed by atoms with Crippen molar-refractivity contribution in [2.24, 2.45) is 0 Å². The summed E-state index contributed by atoms with van der Waals surface area (Å²) < 4.78 is 47.9. The van der Waals surface area contributed by atoms with Crippen LogP contribution in [-0.2, 0) is 0 Å². The van der Waals surface area contributed by atoms with E-state index >= 15 is 0 Å². The molecule has 1 aromatic rings. The fourth-order valence-electron chi connectivity index (χ4n) is 0.498. The Balaban J connectivity index is 0. The van der Waals surface area contributed by atoms with Crippen molar-refractivity contribution in [2.45, 2.75) is 0 Å². The topological polar surface area (TPSA) is 0 Å². The minimum atomic E-state index is -1.39. The molecule has 0 amide bonds. The molecule has 5 heteroatoms. The van der Waals surface area contributed by atoms with Crippen LogP contribution in [0.1, 0.15) is 1.43 Å². The van der Waals surface area contributed by atoms with Crippen LogP contribution in [0.3, 0.4) is 0 Å². The third-order valence-electron chi connectivity index (χ3n) is 0.963. The summed E-state index contributed by atoms with van der Waals surface area (Å²) in [4.78, 5) is 0. The van der Waals surface area contributed by atoms with Crippen LogP contribution in [0.5, 0.6) is 0 Å². The molecule has 0 radical (unpaired) electrons. The molecular formula is C6H3F4Li. The van der Waals surface area contributed by atoms with E-state index in [9.17, 15) is 17.6 Å². The van der Waals surface area contributed by atoms with Crippen molar-refractivity contribution in [2.75, 3.05) is 0 Å². The molecule has 0 atom stereocenters. The van der Waals surface area contributed by atoms with Gasteiger partial charge in [-0.05, 0) is 0 Å². The maximum Gasteiger partial charge on any atom is 1.00 e. The third-order valence-corrected chi connectivity index (χ3v) is 0.963. The zero-order chi connectivity index (χ0) is 7.72. The fraction of sp³-hybridized carbons (Fsp3) is 0.